The number of carbonyl (C=O) groups is 1. The van der Waals surface area contributed by atoms with Crippen LogP contribution in [0.3, 0.4) is 0 Å². The van der Waals surface area contributed by atoms with Crippen LogP contribution in [0.5, 0.6) is 0 Å². The molecule has 0 aromatic carbocycles. The number of nitrogens with one attached hydrogen (secondary N) is 1. The van der Waals surface area contributed by atoms with Crippen molar-refractivity contribution in [2.75, 3.05) is 13.1 Å². The molecule has 2 aliphatic rings. The fraction of sp³-hybridized carbons (Fsp3) is 0.947. The van der Waals surface area contributed by atoms with E-state index in [0.29, 0.717) is 12.1 Å². The molecule has 134 valence electrons. The number of hydrogen-bond acceptors (Lipinski definition) is 3. The molecule has 0 spiro atoms. The van der Waals surface area contributed by atoms with Gasteiger partial charge in [-0.25, -0.2) is 4.79 Å². The van der Waals surface area contributed by atoms with E-state index in [1.807, 2.05) is 25.7 Å². The molecule has 0 aromatic rings. The third-order valence-corrected chi connectivity index (χ3v) is 5.09. The van der Waals surface area contributed by atoms with Gasteiger partial charge in [0.25, 0.3) is 0 Å². The molecule has 1 N–H and O–H groups in total. The summed E-state index contributed by atoms with van der Waals surface area (Å²) in [4.78, 5) is 14.2. The van der Waals surface area contributed by atoms with Crippen LogP contribution in [0, 0.1) is 11.8 Å². The third-order valence-electron chi connectivity index (χ3n) is 5.09. The van der Waals surface area contributed by atoms with Crippen LogP contribution < -0.4 is 5.32 Å². The maximum Gasteiger partial charge on any atom is 0.410 e. The first-order valence-corrected chi connectivity index (χ1v) is 9.47. The van der Waals surface area contributed by atoms with Gasteiger partial charge in [0.15, 0.2) is 0 Å². The summed E-state index contributed by atoms with van der Waals surface area (Å²) in [6, 6.07) is 1.00. The second kappa shape index (κ2) is 7.87. The normalized spacial score (nSPS) is 32.1. The maximum absolute atomic E-state index is 12.3. The van der Waals surface area contributed by atoms with Crippen LogP contribution in [0.25, 0.3) is 0 Å². The van der Waals surface area contributed by atoms with Gasteiger partial charge in [0.2, 0.25) is 0 Å². The molecule has 1 heterocycles. The van der Waals surface area contributed by atoms with E-state index in [0.717, 1.165) is 44.2 Å². The van der Waals surface area contributed by atoms with Crippen molar-refractivity contribution in [2.24, 2.45) is 11.8 Å². The van der Waals surface area contributed by atoms with Crippen molar-refractivity contribution < 1.29 is 9.53 Å². The van der Waals surface area contributed by atoms with Crippen LogP contribution in [-0.2, 0) is 4.74 Å². The SMILES string of the molecule is CC1CC(C)CC(NCCC2CCCN2C(=O)OC(C)(C)C)C1. The minimum atomic E-state index is -0.406. The van der Waals surface area contributed by atoms with Crippen LogP contribution in [0.15, 0.2) is 0 Å². The molecule has 1 aliphatic carbocycles. The predicted octanol–water partition coefficient (Wildman–Crippen LogP) is 4.19. The first kappa shape index (κ1) is 18.6. The number of rotatable bonds is 4. The van der Waals surface area contributed by atoms with Gasteiger partial charge in [-0.05, 0) is 77.7 Å². The van der Waals surface area contributed by atoms with Gasteiger partial charge in [-0.15, -0.1) is 0 Å². The van der Waals surface area contributed by atoms with Crippen molar-refractivity contribution in [3.05, 3.63) is 0 Å². The van der Waals surface area contributed by atoms with Gasteiger partial charge in [0.05, 0.1) is 0 Å². The standard InChI is InChI=1S/C19H36N2O2/c1-14-11-15(2)13-16(12-14)20-9-8-17-7-6-10-21(17)18(22)23-19(3,4)5/h14-17,20H,6-13H2,1-5H3. The maximum atomic E-state index is 12.3. The first-order valence-electron chi connectivity index (χ1n) is 9.47. The lowest BCUT2D eigenvalue weighted by Gasteiger charge is -2.33. The molecule has 1 aliphatic heterocycles. The number of ether oxygens (including phenoxy) is 1. The van der Waals surface area contributed by atoms with Crippen LogP contribution in [0.4, 0.5) is 4.79 Å². The molecular weight excluding hydrogens is 288 g/mol. The predicted molar refractivity (Wildman–Crippen MR) is 94.5 cm³/mol. The average molecular weight is 325 g/mol. The minimum Gasteiger partial charge on any atom is -0.444 e. The summed E-state index contributed by atoms with van der Waals surface area (Å²) < 4.78 is 5.54. The van der Waals surface area contributed by atoms with Gasteiger partial charge >= 0.3 is 6.09 Å². The van der Waals surface area contributed by atoms with Crippen LogP contribution in [-0.4, -0.2) is 41.8 Å². The minimum absolute atomic E-state index is 0.139. The van der Waals surface area contributed by atoms with Gasteiger partial charge in [0.1, 0.15) is 5.60 Å². The van der Waals surface area contributed by atoms with E-state index >= 15 is 0 Å². The van der Waals surface area contributed by atoms with E-state index in [9.17, 15) is 4.79 Å². The van der Waals surface area contributed by atoms with E-state index < -0.39 is 5.60 Å². The van der Waals surface area contributed by atoms with Crippen molar-refractivity contribution in [1.29, 1.82) is 0 Å². The molecule has 2 rings (SSSR count). The Labute approximate surface area is 142 Å². The summed E-state index contributed by atoms with van der Waals surface area (Å²) in [6.07, 6.45) is 7.07. The Morgan fingerprint density at radius 1 is 1.17 bits per heavy atom. The zero-order valence-electron chi connectivity index (χ0n) is 15.7. The van der Waals surface area contributed by atoms with Crippen molar-refractivity contribution in [3.63, 3.8) is 0 Å². The summed E-state index contributed by atoms with van der Waals surface area (Å²) in [5.41, 5.74) is -0.406. The average Bonchev–Trinajstić information content (AvgIpc) is 2.84. The Hall–Kier alpha value is -0.770. The highest BCUT2D eigenvalue weighted by molar-refractivity contribution is 5.68. The molecule has 0 radical (unpaired) electrons. The van der Waals surface area contributed by atoms with E-state index in [-0.39, 0.29) is 6.09 Å². The zero-order valence-corrected chi connectivity index (χ0v) is 15.7. The van der Waals surface area contributed by atoms with Crippen molar-refractivity contribution in [1.82, 2.24) is 10.2 Å². The number of hydrogen-bond donors (Lipinski definition) is 1. The lowest BCUT2D eigenvalue weighted by molar-refractivity contribution is 0.0220. The number of likely N-dealkylation sites (tertiary alicyclic amines) is 1. The summed E-state index contributed by atoms with van der Waals surface area (Å²) in [5.74, 6) is 1.67. The Kier molecular flexibility index (Phi) is 6.35. The number of carbonyl (C=O) groups excluding carboxylic acids is 1. The highest BCUT2D eigenvalue weighted by Crippen LogP contribution is 2.29. The molecule has 1 saturated heterocycles. The van der Waals surface area contributed by atoms with E-state index in [2.05, 4.69) is 19.2 Å². The Bertz CT molecular complexity index is 381. The lowest BCUT2D eigenvalue weighted by atomic mass is 9.80. The molecule has 1 saturated carbocycles. The van der Waals surface area contributed by atoms with Gasteiger partial charge in [-0.2, -0.15) is 0 Å². The molecular formula is C19H36N2O2. The van der Waals surface area contributed by atoms with E-state index in [4.69, 9.17) is 4.74 Å². The van der Waals surface area contributed by atoms with Gasteiger partial charge in [-0.1, -0.05) is 13.8 Å². The monoisotopic (exact) mass is 324 g/mol. The van der Waals surface area contributed by atoms with Crippen LogP contribution in [0.2, 0.25) is 0 Å². The molecule has 3 unspecified atom stereocenters. The van der Waals surface area contributed by atoms with Crippen molar-refractivity contribution >= 4 is 6.09 Å². The Morgan fingerprint density at radius 2 is 1.83 bits per heavy atom. The smallest absolute Gasteiger partial charge is 0.410 e. The molecule has 23 heavy (non-hydrogen) atoms. The third kappa shape index (κ3) is 5.98. The van der Waals surface area contributed by atoms with Gasteiger partial charge in [0, 0.05) is 18.6 Å². The molecule has 3 atom stereocenters. The number of amides is 1. The van der Waals surface area contributed by atoms with E-state index in [1.54, 1.807) is 0 Å². The highest BCUT2D eigenvalue weighted by Gasteiger charge is 2.32. The fourth-order valence-corrected chi connectivity index (χ4v) is 4.26. The molecule has 1 amide bonds. The first-order chi connectivity index (χ1) is 10.7. The highest BCUT2D eigenvalue weighted by atomic mass is 16.6. The Balaban J connectivity index is 1.75. The quantitative estimate of drug-likeness (QED) is 0.843. The zero-order chi connectivity index (χ0) is 17.0. The molecule has 0 bridgehead atoms. The molecule has 4 heteroatoms. The summed E-state index contributed by atoms with van der Waals surface area (Å²) in [5, 5.41) is 3.74. The molecule has 4 nitrogen and oxygen atoms in total. The Morgan fingerprint density at radius 3 is 2.43 bits per heavy atom. The van der Waals surface area contributed by atoms with Crippen LogP contribution >= 0.6 is 0 Å². The van der Waals surface area contributed by atoms with Gasteiger partial charge in [-0.3, -0.25) is 0 Å². The second-order valence-electron chi connectivity index (χ2n) is 8.83. The van der Waals surface area contributed by atoms with Crippen LogP contribution in [0.1, 0.15) is 73.1 Å². The molecule has 0 aromatic heterocycles. The summed E-state index contributed by atoms with van der Waals surface area (Å²) in [6.45, 7) is 12.4. The summed E-state index contributed by atoms with van der Waals surface area (Å²) in [7, 11) is 0. The van der Waals surface area contributed by atoms with Crippen molar-refractivity contribution in [2.45, 2.75) is 90.8 Å². The van der Waals surface area contributed by atoms with Crippen molar-refractivity contribution in [3.8, 4) is 0 Å². The summed E-state index contributed by atoms with van der Waals surface area (Å²) >= 11 is 0. The van der Waals surface area contributed by atoms with E-state index in [1.165, 1.54) is 19.3 Å². The van der Waals surface area contributed by atoms with Gasteiger partial charge < -0.3 is 15.0 Å². The largest absolute Gasteiger partial charge is 0.444 e. The molecule has 2 fully saturated rings. The topological polar surface area (TPSA) is 41.6 Å². The second-order valence-corrected chi connectivity index (χ2v) is 8.83. The number of nitrogens with zero attached hydrogens (tertiary/aromatic N) is 1. The lowest BCUT2D eigenvalue weighted by Crippen LogP contribution is -2.42. The fourth-order valence-electron chi connectivity index (χ4n) is 4.26.